The highest BCUT2D eigenvalue weighted by Gasteiger charge is 2.20. The quantitative estimate of drug-likeness (QED) is 0.163. The van der Waals surface area contributed by atoms with E-state index in [0.717, 1.165) is 105 Å². The molecule has 4 heterocycles. The van der Waals surface area contributed by atoms with E-state index in [0.29, 0.717) is 17.5 Å². The van der Waals surface area contributed by atoms with Gasteiger partial charge in [0, 0.05) is 54.7 Å². The van der Waals surface area contributed by atoms with Gasteiger partial charge in [-0.15, -0.1) is 0 Å². The number of hydrogen-bond donors (Lipinski definition) is 0. The molecule has 270 valence electrons. The van der Waals surface area contributed by atoms with Gasteiger partial charge in [-0.3, -0.25) is 0 Å². The van der Waals surface area contributed by atoms with Crippen LogP contribution in [0.4, 0.5) is 0 Å². The minimum Gasteiger partial charge on any atom is -0.455 e. The zero-order chi connectivity index (χ0) is 38.2. The predicted molar refractivity (Wildman–Crippen MR) is 234 cm³/mol. The van der Waals surface area contributed by atoms with E-state index in [-0.39, 0.29) is 0 Å². The second kappa shape index (κ2) is 12.8. The molecule has 0 saturated carbocycles. The van der Waals surface area contributed by atoms with Gasteiger partial charge in [0.1, 0.15) is 22.3 Å². The number of rotatable bonds is 5. The molecule has 0 bridgehead atoms. The molecule has 0 fully saturated rings. The maximum absolute atomic E-state index is 6.58. The number of aromatic nitrogens is 4. The van der Waals surface area contributed by atoms with Crippen molar-refractivity contribution in [1.29, 1.82) is 0 Å². The molecule has 0 atom stereocenters. The van der Waals surface area contributed by atoms with Crippen LogP contribution in [0.2, 0.25) is 0 Å². The molecule has 0 N–H and O–H groups in total. The first kappa shape index (κ1) is 32.3. The summed E-state index contributed by atoms with van der Waals surface area (Å²) in [6, 6.07) is 62.0. The molecule has 0 aliphatic rings. The fraction of sp³-hybridized carbons (Fsp3) is 0. The third-order valence-electron chi connectivity index (χ3n) is 11.1. The van der Waals surface area contributed by atoms with Crippen molar-refractivity contribution in [2.24, 2.45) is 0 Å². The first-order valence-electron chi connectivity index (χ1n) is 19.3. The number of hydrogen-bond acceptors (Lipinski definition) is 6. The van der Waals surface area contributed by atoms with Crippen molar-refractivity contribution in [2.45, 2.75) is 0 Å². The molecule has 58 heavy (non-hydrogen) atoms. The van der Waals surface area contributed by atoms with Gasteiger partial charge in [-0.2, -0.15) is 0 Å². The highest BCUT2D eigenvalue weighted by molar-refractivity contribution is 6.22. The maximum atomic E-state index is 6.58. The van der Waals surface area contributed by atoms with Crippen LogP contribution in [0, 0.1) is 0 Å². The standard InChI is InChI=1S/C52H30N4O2/c1-2-13-33(14-3-1)50-54-51(56-52(55-50)36-16-10-15-35(30-36)38-20-11-21-40-39-18-6-8-22-43(39)57-48(38)40)34-26-24-32(25-27-34)46-45-41-19-7-9-23-44(41)58-49(45)42-29-28-31-12-4-5-17-37(31)47(42)53-46/h1-30H. The Kier molecular flexibility index (Phi) is 7.13. The van der Waals surface area contributed by atoms with Crippen LogP contribution in [0.25, 0.3) is 122 Å². The topological polar surface area (TPSA) is 77.8 Å². The number of para-hydroxylation sites is 3. The fourth-order valence-corrected chi connectivity index (χ4v) is 8.33. The summed E-state index contributed by atoms with van der Waals surface area (Å²) in [5.41, 5.74) is 10.8. The molecule has 6 heteroatoms. The van der Waals surface area contributed by atoms with Gasteiger partial charge in [0.2, 0.25) is 0 Å². The number of pyridine rings is 1. The highest BCUT2D eigenvalue weighted by Crippen LogP contribution is 2.42. The van der Waals surface area contributed by atoms with Gasteiger partial charge < -0.3 is 8.83 Å². The Labute approximate surface area is 331 Å². The Morgan fingerprint density at radius 3 is 1.71 bits per heavy atom. The van der Waals surface area contributed by atoms with Crippen molar-refractivity contribution in [3.8, 4) is 56.5 Å². The summed E-state index contributed by atoms with van der Waals surface area (Å²) in [5, 5.41) is 7.44. The van der Waals surface area contributed by atoms with Gasteiger partial charge in [-0.1, -0.05) is 158 Å². The van der Waals surface area contributed by atoms with Crippen molar-refractivity contribution in [1.82, 2.24) is 19.9 Å². The summed E-state index contributed by atoms with van der Waals surface area (Å²) in [4.78, 5) is 20.6. The van der Waals surface area contributed by atoms with Crippen LogP contribution in [0.1, 0.15) is 0 Å². The molecule has 8 aromatic carbocycles. The predicted octanol–water partition coefficient (Wildman–Crippen LogP) is 13.7. The molecule has 0 aliphatic heterocycles. The summed E-state index contributed by atoms with van der Waals surface area (Å²) >= 11 is 0. The fourth-order valence-electron chi connectivity index (χ4n) is 8.33. The van der Waals surface area contributed by atoms with Crippen LogP contribution in [0.3, 0.4) is 0 Å². The minimum absolute atomic E-state index is 0.580. The van der Waals surface area contributed by atoms with Gasteiger partial charge in [-0.05, 0) is 35.2 Å². The monoisotopic (exact) mass is 742 g/mol. The van der Waals surface area contributed by atoms with Crippen LogP contribution in [0.15, 0.2) is 191 Å². The van der Waals surface area contributed by atoms with Crippen molar-refractivity contribution >= 4 is 65.6 Å². The van der Waals surface area contributed by atoms with Gasteiger partial charge in [0.25, 0.3) is 0 Å². The summed E-state index contributed by atoms with van der Waals surface area (Å²) < 4.78 is 13.0. The normalized spacial score (nSPS) is 11.8. The number of furan rings is 2. The zero-order valence-electron chi connectivity index (χ0n) is 30.9. The van der Waals surface area contributed by atoms with E-state index in [4.69, 9.17) is 28.8 Å². The number of benzene rings is 8. The van der Waals surface area contributed by atoms with E-state index in [1.54, 1.807) is 0 Å². The van der Waals surface area contributed by atoms with E-state index in [2.05, 4.69) is 109 Å². The molecule has 0 radical (unpaired) electrons. The first-order valence-corrected chi connectivity index (χ1v) is 19.3. The van der Waals surface area contributed by atoms with Crippen LogP contribution in [-0.4, -0.2) is 19.9 Å². The molecule has 0 saturated heterocycles. The summed E-state index contributed by atoms with van der Waals surface area (Å²) in [6.07, 6.45) is 0. The molecule has 4 aromatic heterocycles. The average Bonchev–Trinajstić information content (AvgIpc) is 3.88. The molecule has 0 unspecified atom stereocenters. The van der Waals surface area contributed by atoms with Gasteiger partial charge in [0.15, 0.2) is 17.5 Å². The SMILES string of the molecule is c1ccc(-c2nc(-c3ccc(-c4nc5c6ccccc6ccc5c5oc6ccccc6c45)cc3)nc(-c3cccc(-c4cccc5c4oc4ccccc45)c3)n2)cc1. The lowest BCUT2D eigenvalue weighted by molar-refractivity contribution is 0.670. The van der Waals surface area contributed by atoms with Gasteiger partial charge >= 0.3 is 0 Å². The van der Waals surface area contributed by atoms with Gasteiger partial charge in [-0.25, -0.2) is 19.9 Å². The molecule has 6 nitrogen and oxygen atoms in total. The Balaban J connectivity index is 1.00. The third-order valence-corrected chi connectivity index (χ3v) is 11.1. The van der Waals surface area contributed by atoms with E-state index < -0.39 is 0 Å². The van der Waals surface area contributed by atoms with Crippen LogP contribution in [0.5, 0.6) is 0 Å². The molecule has 12 aromatic rings. The van der Waals surface area contributed by atoms with Crippen LogP contribution >= 0.6 is 0 Å². The minimum atomic E-state index is 0.580. The van der Waals surface area contributed by atoms with Crippen molar-refractivity contribution in [2.75, 3.05) is 0 Å². The van der Waals surface area contributed by atoms with E-state index in [1.807, 2.05) is 72.8 Å². The molecule has 0 aliphatic carbocycles. The maximum Gasteiger partial charge on any atom is 0.164 e. The lowest BCUT2D eigenvalue weighted by Gasteiger charge is -2.11. The lowest BCUT2D eigenvalue weighted by Crippen LogP contribution is -2.00. The second-order valence-corrected chi connectivity index (χ2v) is 14.6. The smallest absolute Gasteiger partial charge is 0.164 e. The molecule has 0 amide bonds. The third kappa shape index (κ3) is 5.12. The highest BCUT2D eigenvalue weighted by atomic mass is 16.3. The average molecular weight is 743 g/mol. The van der Waals surface area contributed by atoms with Gasteiger partial charge in [0.05, 0.1) is 16.6 Å². The largest absolute Gasteiger partial charge is 0.455 e. The van der Waals surface area contributed by atoms with Crippen LogP contribution in [-0.2, 0) is 0 Å². The zero-order valence-corrected chi connectivity index (χ0v) is 30.9. The molecule has 0 spiro atoms. The molecular weight excluding hydrogens is 713 g/mol. The lowest BCUT2D eigenvalue weighted by atomic mass is 9.99. The summed E-state index contributed by atoms with van der Waals surface area (Å²) in [6.45, 7) is 0. The van der Waals surface area contributed by atoms with E-state index in [9.17, 15) is 0 Å². The summed E-state index contributed by atoms with van der Waals surface area (Å²) in [7, 11) is 0. The van der Waals surface area contributed by atoms with E-state index >= 15 is 0 Å². The Bertz CT molecular complexity index is 3570. The Morgan fingerprint density at radius 2 is 0.897 bits per heavy atom. The number of nitrogens with zero attached hydrogens (tertiary/aromatic N) is 4. The van der Waals surface area contributed by atoms with Crippen LogP contribution < -0.4 is 0 Å². The Morgan fingerprint density at radius 1 is 0.328 bits per heavy atom. The number of fused-ring (bicyclic) bond motifs is 10. The van der Waals surface area contributed by atoms with Crippen molar-refractivity contribution < 1.29 is 8.83 Å². The molecular formula is C52H30N4O2. The van der Waals surface area contributed by atoms with Crippen molar-refractivity contribution in [3.63, 3.8) is 0 Å². The summed E-state index contributed by atoms with van der Waals surface area (Å²) in [5.74, 6) is 1.77. The Hall–Kier alpha value is -7.96. The van der Waals surface area contributed by atoms with E-state index in [1.165, 1.54) is 0 Å². The second-order valence-electron chi connectivity index (χ2n) is 14.6. The van der Waals surface area contributed by atoms with Crippen molar-refractivity contribution in [3.05, 3.63) is 182 Å². The molecule has 12 rings (SSSR count). The first-order chi connectivity index (χ1) is 28.7.